The maximum absolute atomic E-state index is 7.18. The van der Waals surface area contributed by atoms with Gasteiger partial charge in [-0.2, -0.15) is 0 Å². The molecule has 0 rings (SSSR count). The molecule has 0 aromatic carbocycles. The third-order valence-electron chi connectivity index (χ3n) is 3.13. The Bertz CT molecular complexity index is 121. The van der Waals surface area contributed by atoms with E-state index in [2.05, 4.69) is 27.7 Å². The Balaban J connectivity index is 4.69. The van der Waals surface area contributed by atoms with Crippen LogP contribution < -0.4 is 0 Å². The molecule has 0 radical (unpaired) electrons. The minimum atomic E-state index is -2.37. The molecule has 0 saturated heterocycles. The molecule has 0 atom stereocenters. The predicted octanol–water partition coefficient (Wildman–Crippen LogP) is 5.76. The summed E-state index contributed by atoms with van der Waals surface area (Å²) in [7, 11) is 7.18. The normalized spacial score (nSPS) is 15.1. The van der Waals surface area contributed by atoms with Crippen LogP contribution in [0.4, 0.5) is 0 Å². The van der Waals surface area contributed by atoms with Gasteiger partial charge in [-0.1, -0.05) is 0 Å². The Kier molecular flexibility index (Phi) is 6.83. The van der Waals surface area contributed by atoms with Crippen molar-refractivity contribution in [3.05, 3.63) is 0 Å². The van der Waals surface area contributed by atoms with Crippen molar-refractivity contribution in [3.8, 4) is 0 Å². The molecule has 0 N–H and O–H groups in total. The van der Waals surface area contributed by atoms with E-state index >= 15 is 0 Å². The van der Waals surface area contributed by atoms with Gasteiger partial charge in [0.15, 0.2) is 0 Å². The van der Waals surface area contributed by atoms with Crippen molar-refractivity contribution >= 4 is 21.5 Å². The van der Waals surface area contributed by atoms with E-state index < -0.39 is 11.5 Å². The van der Waals surface area contributed by atoms with E-state index in [0.29, 0.717) is 0 Å². The second-order valence-electron chi connectivity index (χ2n) is 4.71. The Morgan fingerprint density at radius 1 is 0.643 bits per heavy atom. The number of hydrogen-bond donors (Lipinski definition) is 0. The first-order chi connectivity index (χ1) is 6.54. The summed E-state index contributed by atoms with van der Waals surface area (Å²) < 4.78 is 0. The molecule has 0 fully saturated rings. The summed E-state index contributed by atoms with van der Waals surface area (Å²) in [5.41, 5.74) is 0. The molecule has 2 heteroatoms. The molecule has 0 aliphatic heterocycles. The van der Waals surface area contributed by atoms with Crippen molar-refractivity contribution in [2.24, 2.45) is 0 Å². The van der Waals surface area contributed by atoms with Crippen LogP contribution in [0.3, 0.4) is 0 Å². The molecule has 0 aliphatic carbocycles. The first kappa shape index (κ1) is 14.8. The van der Waals surface area contributed by atoms with Crippen LogP contribution in [0.25, 0.3) is 0 Å². The van der Waals surface area contributed by atoms with Gasteiger partial charge in [-0.25, -0.2) is 0 Å². The molecule has 0 aromatic heterocycles. The van der Waals surface area contributed by atoms with Crippen LogP contribution in [0.5, 0.6) is 0 Å². The Hall–Kier alpha value is 0.848. The van der Waals surface area contributed by atoms with Gasteiger partial charge in [-0.3, -0.25) is 0 Å². The van der Waals surface area contributed by atoms with Gasteiger partial charge in [0.1, 0.15) is 0 Å². The van der Waals surface area contributed by atoms with Gasteiger partial charge in [0.05, 0.1) is 0 Å². The van der Waals surface area contributed by atoms with Crippen molar-refractivity contribution in [1.29, 1.82) is 0 Å². The van der Waals surface area contributed by atoms with Crippen LogP contribution in [-0.2, 0) is 0 Å². The van der Waals surface area contributed by atoms with Crippen LogP contribution in [0.2, 0.25) is 20.8 Å². The number of hydrogen-bond acceptors (Lipinski definition) is 0. The Morgan fingerprint density at radius 3 is 1.00 bits per heavy atom. The van der Waals surface area contributed by atoms with E-state index in [1.807, 2.05) is 0 Å². The fraction of sp³-hybridized carbons (Fsp3) is 1.00. The van der Waals surface area contributed by atoms with E-state index in [9.17, 15) is 0 Å². The van der Waals surface area contributed by atoms with Gasteiger partial charge in [-0.05, 0) is 0 Å². The molecule has 0 aromatic rings. The van der Waals surface area contributed by atoms with E-state index in [1.165, 1.54) is 46.5 Å². The Morgan fingerprint density at radius 2 is 0.857 bits per heavy atom. The zero-order valence-electron chi connectivity index (χ0n) is 10.5. The summed E-state index contributed by atoms with van der Waals surface area (Å²) in [5, 5.41) is 5.43. The zero-order valence-corrected chi connectivity index (χ0v) is 13.1. The van der Waals surface area contributed by atoms with Gasteiger partial charge in [0.25, 0.3) is 0 Å². The van der Waals surface area contributed by atoms with Crippen molar-refractivity contribution in [2.75, 3.05) is 0 Å². The van der Waals surface area contributed by atoms with E-state index in [4.69, 9.17) is 9.95 Å². The third kappa shape index (κ3) is 4.15. The summed E-state index contributed by atoms with van der Waals surface area (Å²) in [5.74, 6) is 0. The number of halogens is 1. The summed E-state index contributed by atoms with van der Waals surface area (Å²) in [6, 6.07) is 0. The quantitative estimate of drug-likeness (QED) is 0.496. The average molecular weight is 283 g/mol. The van der Waals surface area contributed by atoms with E-state index in [1.54, 1.807) is 0 Å². The van der Waals surface area contributed by atoms with Crippen molar-refractivity contribution in [2.45, 2.75) is 74.2 Å². The van der Waals surface area contributed by atoms with Gasteiger partial charge in [0.2, 0.25) is 0 Å². The van der Waals surface area contributed by atoms with Gasteiger partial charge in [-0.15, -0.1) is 0 Å². The first-order valence-corrected chi connectivity index (χ1v) is 14.0. The van der Waals surface area contributed by atoms with Crippen molar-refractivity contribution in [1.82, 2.24) is 0 Å². The van der Waals surface area contributed by atoms with E-state index in [-0.39, 0.29) is 0 Å². The van der Waals surface area contributed by atoms with Crippen molar-refractivity contribution < 1.29 is 0 Å². The summed E-state index contributed by atoms with van der Waals surface area (Å²) in [6.45, 7) is 9.18. The molecule has 14 heavy (non-hydrogen) atoms. The molecule has 0 heterocycles. The molecule has 0 unspecified atom stereocenters. The fourth-order valence-electron chi connectivity index (χ4n) is 2.91. The van der Waals surface area contributed by atoms with E-state index in [0.717, 1.165) is 0 Å². The SMILES string of the molecule is CCC[As](Cl)(CCC)(CCC)CCC. The fourth-order valence-corrected chi connectivity index (χ4v) is 18.6. The van der Waals surface area contributed by atoms with Crippen LogP contribution in [0, 0.1) is 0 Å². The standard InChI is InChI=1S/C12H28AsCl/c1-5-9-13(14,10-6-2,11-7-3)12-8-4/h5-12H2,1-4H3. The molecule has 88 valence electrons. The van der Waals surface area contributed by atoms with Gasteiger partial charge < -0.3 is 0 Å². The van der Waals surface area contributed by atoms with Crippen LogP contribution >= 0.6 is 9.95 Å². The summed E-state index contributed by atoms with van der Waals surface area (Å²) in [6.07, 6.45) is 5.15. The van der Waals surface area contributed by atoms with Crippen molar-refractivity contribution in [3.63, 3.8) is 0 Å². The van der Waals surface area contributed by atoms with Crippen LogP contribution in [0.15, 0.2) is 0 Å². The average Bonchev–Trinajstić information content (AvgIpc) is 2.05. The van der Waals surface area contributed by atoms with Crippen LogP contribution in [0.1, 0.15) is 53.4 Å². The molecule has 0 saturated carbocycles. The predicted molar refractivity (Wildman–Crippen MR) is 72.0 cm³/mol. The first-order valence-electron chi connectivity index (χ1n) is 6.26. The molecular weight excluding hydrogens is 255 g/mol. The molecule has 0 spiro atoms. The van der Waals surface area contributed by atoms with Crippen LogP contribution in [-0.4, -0.2) is 11.5 Å². The molecule has 0 nitrogen and oxygen atoms in total. The minimum absolute atomic E-state index is 1.29. The second kappa shape index (κ2) is 6.44. The second-order valence-corrected chi connectivity index (χ2v) is 21.1. The monoisotopic (exact) mass is 282 g/mol. The van der Waals surface area contributed by atoms with Gasteiger partial charge >= 0.3 is 95.7 Å². The topological polar surface area (TPSA) is 0 Å². The molecule has 0 amide bonds. The summed E-state index contributed by atoms with van der Waals surface area (Å²) >= 11 is -2.37. The zero-order chi connectivity index (χ0) is 11.1. The molecule has 0 bridgehead atoms. The summed E-state index contributed by atoms with van der Waals surface area (Å²) in [4.78, 5) is 0. The maximum atomic E-state index is 7.18. The Labute approximate surface area is 95.6 Å². The molecular formula is C12H28AsCl. The molecule has 0 aliphatic rings. The third-order valence-corrected chi connectivity index (χ3v) is 19.8. The number of rotatable bonds is 8. The van der Waals surface area contributed by atoms with Gasteiger partial charge in [0, 0.05) is 0 Å².